The van der Waals surface area contributed by atoms with Gasteiger partial charge in [0.05, 0.1) is 0 Å². The van der Waals surface area contributed by atoms with Crippen LogP contribution in [0, 0.1) is 46.5 Å². The Morgan fingerprint density at radius 3 is 1.55 bits per heavy atom. The fourth-order valence-corrected chi connectivity index (χ4v) is 2.26. The van der Waals surface area contributed by atoms with Crippen LogP contribution in [0.15, 0.2) is 12.1 Å². The lowest BCUT2D eigenvalue weighted by atomic mass is 10.1. The molecule has 5 nitrogen and oxygen atoms in total. The third-order valence-corrected chi connectivity index (χ3v) is 3.83. The second kappa shape index (κ2) is 9.73. The second-order valence-corrected chi connectivity index (χ2v) is 5.87. The van der Waals surface area contributed by atoms with Gasteiger partial charge in [-0.15, -0.1) is 0 Å². The number of halogens is 8. The summed E-state index contributed by atoms with van der Waals surface area (Å²) in [5, 5.41) is 2.27. The number of rotatable bonds is 7. The summed E-state index contributed by atoms with van der Waals surface area (Å²) in [7, 11) is 1.14. The van der Waals surface area contributed by atoms with Crippen molar-refractivity contribution in [2.75, 3.05) is 7.05 Å². The predicted molar refractivity (Wildman–Crippen MR) is 85.9 cm³/mol. The van der Waals surface area contributed by atoms with E-state index in [0.29, 0.717) is 0 Å². The largest absolute Gasteiger partial charge is 0.420 e. The van der Waals surface area contributed by atoms with Crippen LogP contribution in [-0.2, 0) is 9.59 Å². The predicted octanol–water partition coefficient (Wildman–Crippen LogP) is 3.68. The molecule has 0 saturated heterocycles. The second-order valence-electron chi connectivity index (χ2n) is 5.87. The molecule has 0 aliphatic heterocycles. The number of nitrogens with one attached hydrogen (secondary N) is 1. The van der Waals surface area contributed by atoms with Gasteiger partial charge in [-0.05, 0) is 13.5 Å². The zero-order valence-corrected chi connectivity index (χ0v) is 15.3. The summed E-state index contributed by atoms with van der Waals surface area (Å²) in [6.07, 6.45) is -1.38. The first-order chi connectivity index (χ1) is 14.5. The molecule has 0 heterocycles. The average molecular weight is 457 g/mol. The number of hydrogen-bond acceptors (Lipinski definition) is 5. The summed E-state index contributed by atoms with van der Waals surface area (Å²) in [6.45, 7) is 0. The first kappa shape index (κ1) is 24.1. The molecule has 0 aliphatic rings. The quantitative estimate of drug-likeness (QED) is 0.298. The molecule has 13 heteroatoms. The summed E-state index contributed by atoms with van der Waals surface area (Å²) in [4.78, 5) is 23.7. The van der Waals surface area contributed by atoms with E-state index in [1.54, 1.807) is 0 Å². The van der Waals surface area contributed by atoms with Crippen molar-refractivity contribution < 1.29 is 54.2 Å². The van der Waals surface area contributed by atoms with Crippen LogP contribution >= 0.6 is 0 Å². The van der Waals surface area contributed by atoms with E-state index in [1.807, 2.05) is 0 Å². The zero-order valence-electron chi connectivity index (χ0n) is 15.3. The number of likely N-dealkylation sites (N-methyl/N-ethyl adjacent to an activating group) is 1. The maximum Gasteiger partial charge on any atom is 0.328 e. The third kappa shape index (κ3) is 5.29. The Balaban J connectivity index is 2.08. The van der Waals surface area contributed by atoms with Crippen LogP contribution in [0.1, 0.15) is 12.8 Å². The molecule has 2 aromatic rings. The monoisotopic (exact) mass is 457 g/mol. The summed E-state index contributed by atoms with van der Waals surface area (Å²) < 4.78 is 115. The van der Waals surface area contributed by atoms with E-state index in [0.717, 1.165) is 7.05 Å². The first-order valence-electron chi connectivity index (χ1n) is 8.23. The van der Waals surface area contributed by atoms with Crippen molar-refractivity contribution in [1.29, 1.82) is 0 Å². The topological polar surface area (TPSA) is 64.6 Å². The van der Waals surface area contributed by atoms with E-state index in [4.69, 9.17) is 0 Å². The molecule has 1 N–H and O–H groups in total. The Hall–Kier alpha value is -3.22. The van der Waals surface area contributed by atoms with Crippen LogP contribution in [0.25, 0.3) is 0 Å². The van der Waals surface area contributed by atoms with E-state index < -0.39 is 88.9 Å². The Kier molecular flexibility index (Phi) is 7.55. The minimum Gasteiger partial charge on any atom is -0.420 e. The van der Waals surface area contributed by atoms with Gasteiger partial charge in [-0.1, -0.05) is 0 Å². The number of ether oxygens (including phenoxy) is 2. The SMILES string of the molecule is CN[C@@H](CCC(=O)Oc1c(F)c(F)cc(F)c1F)C(=O)Oc1c(F)c(F)cc(F)c1F. The lowest BCUT2D eigenvalue weighted by molar-refractivity contribution is -0.138. The van der Waals surface area contributed by atoms with E-state index in [9.17, 15) is 44.7 Å². The third-order valence-electron chi connectivity index (χ3n) is 3.83. The standard InChI is InChI=1S/C18H11F8NO4/c1-27-10(18(29)31-17-14(25)8(21)5-9(22)15(17)26)2-3-11(28)30-16-12(23)6(19)4-7(20)13(16)24/h4-5,10,27H,2-3H2,1H3/t10-/m0/s1. The fourth-order valence-electron chi connectivity index (χ4n) is 2.26. The Morgan fingerprint density at radius 1 is 0.774 bits per heavy atom. The van der Waals surface area contributed by atoms with Crippen LogP contribution in [0.3, 0.4) is 0 Å². The molecule has 0 amide bonds. The van der Waals surface area contributed by atoms with Gasteiger partial charge in [0.25, 0.3) is 0 Å². The molecule has 0 spiro atoms. The lowest BCUT2D eigenvalue weighted by Crippen LogP contribution is -2.38. The molecule has 2 aromatic carbocycles. The van der Waals surface area contributed by atoms with Gasteiger partial charge in [0.2, 0.25) is 34.8 Å². The van der Waals surface area contributed by atoms with Crippen molar-refractivity contribution >= 4 is 11.9 Å². The van der Waals surface area contributed by atoms with Gasteiger partial charge >= 0.3 is 11.9 Å². The van der Waals surface area contributed by atoms with Crippen LogP contribution in [0.5, 0.6) is 11.5 Å². The van der Waals surface area contributed by atoms with Gasteiger partial charge < -0.3 is 14.8 Å². The zero-order chi connectivity index (χ0) is 23.5. The van der Waals surface area contributed by atoms with Crippen molar-refractivity contribution in [3.05, 3.63) is 58.7 Å². The van der Waals surface area contributed by atoms with Gasteiger partial charge in [-0.2, -0.15) is 17.6 Å². The summed E-state index contributed by atoms with van der Waals surface area (Å²) >= 11 is 0. The molecule has 0 bridgehead atoms. The highest BCUT2D eigenvalue weighted by molar-refractivity contribution is 5.80. The number of carbonyl (C=O) groups excluding carboxylic acids is 2. The van der Waals surface area contributed by atoms with E-state index in [2.05, 4.69) is 14.8 Å². The van der Waals surface area contributed by atoms with Gasteiger partial charge in [0.15, 0.2) is 23.3 Å². The van der Waals surface area contributed by atoms with Gasteiger partial charge in [0, 0.05) is 18.6 Å². The number of hydrogen-bond donors (Lipinski definition) is 1. The normalized spacial score (nSPS) is 11.9. The van der Waals surface area contributed by atoms with Crippen molar-refractivity contribution in [1.82, 2.24) is 5.32 Å². The molecule has 0 saturated carbocycles. The minimum absolute atomic E-state index is 0.109. The molecule has 0 aliphatic carbocycles. The molecule has 168 valence electrons. The maximum absolute atomic E-state index is 13.6. The van der Waals surface area contributed by atoms with Gasteiger partial charge in [0.1, 0.15) is 6.04 Å². The molecule has 0 unspecified atom stereocenters. The minimum atomic E-state index is -1.99. The molecule has 0 radical (unpaired) electrons. The van der Waals surface area contributed by atoms with E-state index in [1.165, 1.54) is 0 Å². The summed E-state index contributed by atoms with van der Waals surface area (Å²) in [5.74, 6) is -21.5. The van der Waals surface area contributed by atoms with Crippen molar-refractivity contribution in [3.63, 3.8) is 0 Å². The van der Waals surface area contributed by atoms with Crippen LogP contribution in [0.4, 0.5) is 35.1 Å². The van der Waals surface area contributed by atoms with Crippen LogP contribution < -0.4 is 14.8 Å². The van der Waals surface area contributed by atoms with E-state index >= 15 is 0 Å². The van der Waals surface area contributed by atoms with Crippen molar-refractivity contribution in [2.24, 2.45) is 0 Å². The van der Waals surface area contributed by atoms with Crippen LogP contribution in [0.2, 0.25) is 0 Å². The van der Waals surface area contributed by atoms with E-state index in [-0.39, 0.29) is 12.1 Å². The molecule has 31 heavy (non-hydrogen) atoms. The highest BCUT2D eigenvalue weighted by Gasteiger charge is 2.28. The van der Waals surface area contributed by atoms with Gasteiger partial charge in [-0.25, -0.2) is 22.4 Å². The average Bonchev–Trinajstić information content (AvgIpc) is 2.71. The van der Waals surface area contributed by atoms with Crippen molar-refractivity contribution in [3.8, 4) is 11.5 Å². The highest BCUT2D eigenvalue weighted by Crippen LogP contribution is 2.28. The molecule has 2 rings (SSSR count). The Bertz CT molecular complexity index is 978. The molecule has 0 aromatic heterocycles. The Morgan fingerprint density at radius 2 is 1.16 bits per heavy atom. The molecule has 1 atom stereocenters. The summed E-state index contributed by atoms with van der Waals surface area (Å²) in [6, 6.07) is -1.74. The highest BCUT2D eigenvalue weighted by atomic mass is 19.2. The number of carbonyl (C=O) groups is 2. The van der Waals surface area contributed by atoms with Crippen molar-refractivity contribution in [2.45, 2.75) is 18.9 Å². The Labute approximate surface area is 168 Å². The fraction of sp³-hybridized carbons (Fsp3) is 0.222. The number of esters is 2. The molecular formula is C18H11F8NO4. The van der Waals surface area contributed by atoms with Crippen LogP contribution in [-0.4, -0.2) is 25.0 Å². The number of benzene rings is 2. The summed E-state index contributed by atoms with van der Waals surface area (Å²) in [5.41, 5.74) is 0. The molecular weight excluding hydrogens is 446 g/mol. The molecule has 0 fully saturated rings. The smallest absolute Gasteiger partial charge is 0.328 e. The van der Waals surface area contributed by atoms with Gasteiger partial charge in [-0.3, -0.25) is 4.79 Å². The lowest BCUT2D eigenvalue weighted by Gasteiger charge is -2.15. The first-order valence-corrected chi connectivity index (χ1v) is 8.23. The maximum atomic E-state index is 13.6.